The lowest BCUT2D eigenvalue weighted by molar-refractivity contribution is 0.0531. The van der Waals surface area contributed by atoms with Gasteiger partial charge in [-0.05, 0) is 45.0 Å². The fourth-order valence-electron chi connectivity index (χ4n) is 3.86. The van der Waals surface area contributed by atoms with Gasteiger partial charge in [0.05, 0.1) is 23.3 Å². The first-order valence-corrected chi connectivity index (χ1v) is 10.8. The summed E-state index contributed by atoms with van der Waals surface area (Å²) in [6, 6.07) is 9.39. The summed E-state index contributed by atoms with van der Waals surface area (Å²) in [6.45, 7) is 5.39. The number of amides is 1. The van der Waals surface area contributed by atoms with Gasteiger partial charge in [-0.15, -0.1) is 0 Å². The number of benzene rings is 1. The third-order valence-electron chi connectivity index (χ3n) is 5.26. The summed E-state index contributed by atoms with van der Waals surface area (Å²) in [4.78, 5) is 45.3. The van der Waals surface area contributed by atoms with Crippen molar-refractivity contribution in [3.8, 4) is 0 Å². The molecule has 8 nitrogen and oxygen atoms in total. The lowest BCUT2D eigenvalue weighted by Crippen LogP contribution is -2.29. The lowest BCUT2D eigenvalue weighted by Gasteiger charge is -2.20. The first-order chi connectivity index (χ1) is 15.4. The normalized spacial score (nSPS) is 15.4. The maximum Gasteiger partial charge on any atom is 0.350 e. The first-order valence-electron chi connectivity index (χ1n) is 10.0. The predicted octanol–water partition coefficient (Wildman–Crippen LogP) is 4.39. The van der Waals surface area contributed by atoms with E-state index in [2.05, 4.69) is 4.98 Å². The molecule has 0 aliphatic carbocycles. The van der Waals surface area contributed by atoms with Gasteiger partial charge < -0.3 is 13.6 Å². The van der Waals surface area contributed by atoms with Crippen LogP contribution in [0.1, 0.15) is 56.0 Å². The number of hydrogen-bond acceptors (Lipinski definition) is 8. The van der Waals surface area contributed by atoms with Gasteiger partial charge in [0.1, 0.15) is 28.0 Å². The van der Waals surface area contributed by atoms with Crippen LogP contribution in [0.2, 0.25) is 0 Å². The highest BCUT2D eigenvalue weighted by molar-refractivity contribution is 7.17. The lowest BCUT2D eigenvalue weighted by atomic mass is 10.0. The van der Waals surface area contributed by atoms with Crippen molar-refractivity contribution in [3.05, 3.63) is 80.0 Å². The third-order valence-corrected chi connectivity index (χ3v) is 6.40. The van der Waals surface area contributed by atoms with Gasteiger partial charge in [0.2, 0.25) is 5.76 Å². The molecule has 4 heterocycles. The molecule has 32 heavy (non-hydrogen) atoms. The van der Waals surface area contributed by atoms with E-state index in [0.29, 0.717) is 33.1 Å². The molecule has 1 aliphatic heterocycles. The van der Waals surface area contributed by atoms with Crippen molar-refractivity contribution < 1.29 is 23.2 Å². The molecule has 0 fully saturated rings. The summed E-state index contributed by atoms with van der Waals surface area (Å²) in [5, 5.41) is 0.626. The molecule has 5 rings (SSSR count). The van der Waals surface area contributed by atoms with E-state index in [1.165, 1.54) is 4.90 Å². The number of nitrogens with zero attached hydrogens (tertiary/aromatic N) is 2. The van der Waals surface area contributed by atoms with Crippen molar-refractivity contribution in [2.75, 3.05) is 11.5 Å². The van der Waals surface area contributed by atoms with Crippen LogP contribution in [-0.2, 0) is 4.74 Å². The quantitative estimate of drug-likeness (QED) is 0.425. The zero-order chi connectivity index (χ0) is 22.6. The Morgan fingerprint density at radius 1 is 1.16 bits per heavy atom. The van der Waals surface area contributed by atoms with Crippen molar-refractivity contribution in [1.29, 1.82) is 0 Å². The summed E-state index contributed by atoms with van der Waals surface area (Å²) in [5.74, 6) is -0.0520. The minimum Gasteiger partial charge on any atom is -0.464 e. The van der Waals surface area contributed by atoms with Gasteiger partial charge in [-0.25, -0.2) is 9.78 Å². The summed E-state index contributed by atoms with van der Waals surface area (Å²) >= 11 is 1.03. The molecule has 0 N–H and O–H groups in total. The van der Waals surface area contributed by atoms with Gasteiger partial charge in [0.25, 0.3) is 5.91 Å². The van der Waals surface area contributed by atoms with Crippen molar-refractivity contribution in [2.45, 2.75) is 26.8 Å². The Hall–Kier alpha value is -3.72. The van der Waals surface area contributed by atoms with Gasteiger partial charge in [0, 0.05) is 0 Å². The van der Waals surface area contributed by atoms with Crippen LogP contribution in [0.3, 0.4) is 0 Å². The van der Waals surface area contributed by atoms with Crippen LogP contribution >= 0.6 is 11.3 Å². The van der Waals surface area contributed by atoms with Crippen molar-refractivity contribution >= 4 is 39.3 Å². The number of aromatic nitrogens is 1. The molecule has 0 radical (unpaired) electrons. The molecule has 0 saturated carbocycles. The monoisotopic (exact) mass is 450 g/mol. The van der Waals surface area contributed by atoms with Gasteiger partial charge >= 0.3 is 5.97 Å². The number of esters is 1. The minimum atomic E-state index is -0.868. The number of anilines is 1. The smallest absolute Gasteiger partial charge is 0.350 e. The fraction of sp³-hybridized carbons (Fsp3) is 0.217. The van der Waals surface area contributed by atoms with E-state index in [4.69, 9.17) is 13.6 Å². The second-order valence-corrected chi connectivity index (χ2v) is 8.31. The maximum atomic E-state index is 13.5. The second-order valence-electron chi connectivity index (χ2n) is 7.33. The van der Waals surface area contributed by atoms with Crippen LogP contribution in [0.25, 0.3) is 11.0 Å². The number of carbonyl (C=O) groups excluding carboxylic acids is 2. The Kier molecular flexibility index (Phi) is 4.70. The molecule has 0 spiro atoms. The Morgan fingerprint density at radius 3 is 2.66 bits per heavy atom. The van der Waals surface area contributed by atoms with Crippen LogP contribution in [0, 0.1) is 13.8 Å². The topological polar surface area (TPSA) is 103 Å². The average molecular weight is 450 g/mol. The van der Waals surface area contributed by atoms with E-state index in [1.54, 1.807) is 57.2 Å². The van der Waals surface area contributed by atoms with Crippen molar-refractivity contribution in [2.24, 2.45) is 0 Å². The second kappa shape index (κ2) is 7.45. The summed E-state index contributed by atoms with van der Waals surface area (Å²) < 4.78 is 16.8. The first kappa shape index (κ1) is 20.2. The third kappa shape index (κ3) is 2.96. The molecule has 162 valence electrons. The Labute approximate surface area is 186 Å². The summed E-state index contributed by atoms with van der Waals surface area (Å²) in [7, 11) is 0. The molecule has 1 atom stereocenters. The molecule has 0 saturated heterocycles. The summed E-state index contributed by atoms with van der Waals surface area (Å²) in [5.41, 5.74) is 0.638. The Balaban J connectivity index is 1.74. The van der Waals surface area contributed by atoms with E-state index in [1.807, 2.05) is 0 Å². The molecule has 1 aromatic carbocycles. The standard InChI is InChI=1S/C23H18N2O6S/c1-4-29-22(28)20-12(3)24-23(32-20)25-17(15-10-9-11(2)30-15)16-18(26)13-7-5-6-8-14(13)31-19(16)21(25)27/h5-10,17H,4H2,1-3H3. The van der Waals surface area contributed by atoms with E-state index in [0.717, 1.165) is 11.3 Å². The number of thiazole rings is 1. The Morgan fingerprint density at radius 2 is 1.94 bits per heavy atom. The molecular weight excluding hydrogens is 432 g/mol. The van der Waals surface area contributed by atoms with Crippen LogP contribution in [0.4, 0.5) is 5.13 Å². The Bertz CT molecular complexity index is 1450. The van der Waals surface area contributed by atoms with E-state index in [9.17, 15) is 14.4 Å². The number of carbonyl (C=O) groups is 2. The molecule has 1 aliphatic rings. The highest BCUT2D eigenvalue weighted by Gasteiger charge is 2.46. The molecule has 4 aromatic rings. The average Bonchev–Trinajstić information content (AvgIpc) is 3.44. The largest absolute Gasteiger partial charge is 0.464 e. The highest BCUT2D eigenvalue weighted by atomic mass is 32.1. The zero-order valence-electron chi connectivity index (χ0n) is 17.5. The number of aryl methyl sites for hydroxylation is 2. The number of rotatable bonds is 4. The van der Waals surface area contributed by atoms with Crippen LogP contribution in [0.5, 0.6) is 0 Å². The van der Waals surface area contributed by atoms with E-state index in [-0.39, 0.29) is 28.5 Å². The number of furan rings is 1. The minimum absolute atomic E-state index is 0.0571. The molecule has 1 unspecified atom stereocenters. The van der Waals surface area contributed by atoms with E-state index >= 15 is 0 Å². The van der Waals surface area contributed by atoms with Crippen molar-refractivity contribution in [3.63, 3.8) is 0 Å². The number of hydrogen-bond donors (Lipinski definition) is 0. The van der Waals surface area contributed by atoms with Crippen LogP contribution in [0.15, 0.2) is 50.0 Å². The van der Waals surface area contributed by atoms with Gasteiger partial charge in [-0.2, -0.15) is 0 Å². The van der Waals surface area contributed by atoms with Crippen LogP contribution in [-0.4, -0.2) is 23.5 Å². The molecule has 3 aromatic heterocycles. The maximum absolute atomic E-state index is 13.5. The van der Waals surface area contributed by atoms with Gasteiger partial charge in [-0.1, -0.05) is 23.5 Å². The SMILES string of the molecule is CCOC(=O)c1sc(N2C(=O)c3oc4ccccc4c(=O)c3C2c2ccc(C)o2)nc1C. The predicted molar refractivity (Wildman–Crippen MR) is 117 cm³/mol. The van der Waals surface area contributed by atoms with Crippen molar-refractivity contribution in [1.82, 2.24) is 4.98 Å². The van der Waals surface area contributed by atoms with Crippen LogP contribution < -0.4 is 10.3 Å². The number of para-hydroxylation sites is 1. The van der Waals surface area contributed by atoms with E-state index < -0.39 is 17.9 Å². The zero-order valence-corrected chi connectivity index (χ0v) is 18.3. The fourth-order valence-corrected chi connectivity index (χ4v) is 4.85. The molecule has 9 heteroatoms. The number of ether oxygens (including phenoxy) is 1. The summed E-state index contributed by atoms with van der Waals surface area (Å²) in [6.07, 6.45) is 0. The highest BCUT2D eigenvalue weighted by Crippen LogP contribution is 2.43. The van der Waals surface area contributed by atoms with Gasteiger partial charge in [0.15, 0.2) is 10.6 Å². The van der Waals surface area contributed by atoms with Gasteiger partial charge in [-0.3, -0.25) is 14.5 Å². The molecular formula is C23H18N2O6S. The number of fused-ring (bicyclic) bond motifs is 2. The molecule has 0 bridgehead atoms. The molecule has 1 amide bonds.